The highest BCUT2D eigenvalue weighted by atomic mass is 16.5. The van der Waals surface area contributed by atoms with Crippen molar-refractivity contribution in [1.29, 1.82) is 0 Å². The minimum Gasteiger partial charge on any atom is -0.463 e. The first-order valence-electron chi connectivity index (χ1n) is 6.09. The lowest BCUT2D eigenvalue weighted by Crippen LogP contribution is -2.38. The standard InChI is InChI=1S/C12H16N4O/c1-2-6-13-9(4-1)8-17-12-15-10-5-3-7-14-11(10)16-12/h3,5,7,9,13H,1-2,4,6,8H2,(H,14,15,16). The number of rotatable bonds is 3. The molecule has 17 heavy (non-hydrogen) atoms. The van der Waals surface area contributed by atoms with Gasteiger partial charge in [-0.05, 0) is 31.5 Å². The summed E-state index contributed by atoms with van der Waals surface area (Å²) in [7, 11) is 0. The van der Waals surface area contributed by atoms with Gasteiger partial charge in [0.2, 0.25) is 0 Å². The predicted octanol–water partition coefficient (Wildman–Crippen LogP) is 1.48. The number of hydrogen-bond donors (Lipinski definition) is 2. The number of aromatic amines is 1. The fraction of sp³-hybridized carbons (Fsp3) is 0.500. The van der Waals surface area contributed by atoms with Gasteiger partial charge in [0.1, 0.15) is 6.61 Å². The third kappa shape index (κ3) is 2.39. The fourth-order valence-corrected chi connectivity index (χ4v) is 2.14. The molecule has 5 nitrogen and oxygen atoms in total. The van der Waals surface area contributed by atoms with Crippen molar-refractivity contribution >= 4 is 11.2 Å². The Labute approximate surface area is 99.6 Å². The number of hydrogen-bond acceptors (Lipinski definition) is 4. The van der Waals surface area contributed by atoms with Crippen molar-refractivity contribution in [2.45, 2.75) is 25.3 Å². The maximum atomic E-state index is 5.66. The van der Waals surface area contributed by atoms with Crippen LogP contribution in [0.5, 0.6) is 6.01 Å². The summed E-state index contributed by atoms with van der Waals surface area (Å²) in [6.45, 7) is 1.76. The van der Waals surface area contributed by atoms with E-state index in [0.717, 1.165) is 12.1 Å². The molecule has 0 aliphatic carbocycles. The molecule has 2 aromatic rings. The topological polar surface area (TPSA) is 62.8 Å². The van der Waals surface area contributed by atoms with Gasteiger partial charge in [-0.1, -0.05) is 6.42 Å². The summed E-state index contributed by atoms with van der Waals surface area (Å²) in [5.41, 5.74) is 1.62. The highest BCUT2D eigenvalue weighted by molar-refractivity contribution is 5.70. The normalized spacial score (nSPS) is 20.6. The van der Waals surface area contributed by atoms with Crippen LogP contribution in [0.3, 0.4) is 0 Å². The van der Waals surface area contributed by atoms with E-state index >= 15 is 0 Å². The minimum atomic E-state index is 0.449. The van der Waals surface area contributed by atoms with E-state index in [4.69, 9.17) is 4.74 Å². The van der Waals surface area contributed by atoms with Crippen molar-refractivity contribution in [2.75, 3.05) is 13.2 Å². The average molecular weight is 232 g/mol. The molecule has 0 saturated carbocycles. The van der Waals surface area contributed by atoms with Crippen LogP contribution in [0.4, 0.5) is 0 Å². The smallest absolute Gasteiger partial charge is 0.296 e. The Bertz CT molecular complexity index is 457. The molecule has 90 valence electrons. The van der Waals surface area contributed by atoms with E-state index in [2.05, 4.69) is 20.3 Å². The molecule has 1 unspecified atom stereocenters. The Morgan fingerprint density at radius 1 is 1.41 bits per heavy atom. The first-order chi connectivity index (χ1) is 8.42. The molecule has 1 aliphatic rings. The molecular formula is C12H16N4O. The highest BCUT2D eigenvalue weighted by Gasteiger charge is 2.14. The zero-order chi connectivity index (χ0) is 11.5. The number of pyridine rings is 1. The van der Waals surface area contributed by atoms with Gasteiger partial charge in [0, 0.05) is 12.2 Å². The van der Waals surface area contributed by atoms with Crippen LogP contribution >= 0.6 is 0 Å². The third-order valence-corrected chi connectivity index (χ3v) is 3.07. The van der Waals surface area contributed by atoms with Gasteiger partial charge in [-0.3, -0.25) is 0 Å². The molecule has 0 aromatic carbocycles. The van der Waals surface area contributed by atoms with Crippen molar-refractivity contribution in [2.24, 2.45) is 0 Å². The molecule has 3 heterocycles. The van der Waals surface area contributed by atoms with Gasteiger partial charge in [-0.15, -0.1) is 0 Å². The summed E-state index contributed by atoms with van der Waals surface area (Å²) < 4.78 is 5.66. The molecule has 0 amide bonds. The second-order valence-corrected chi connectivity index (χ2v) is 4.37. The second-order valence-electron chi connectivity index (χ2n) is 4.37. The zero-order valence-corrected chi connectivity index (χ0v) is 9.65. The average Bonchev–Trinajstić information content (AvgIpc) is 2.80. The molecule has 0 radical (unpaired) electrons. The predicted molar refractivity (Wildman–Crippen MR) is 65.0 cm³/mol. The summed E-state index contributed by atoms with van der Waals surface area (Å²) in [6, 6.07) is 4.84. The molecule has 5 heteroatoms. The van der Waals surface area contributed by atoms with Crippen LogP contribution in [-0.2, 0) is 0 Å². The van der Waals surface area contributed by atoms with Crippen LogP contribution in [0, 0.1) is 0 Å². The van der Waals surface area contributed by atoms with E-state index in [0.29, 0.717) is 24.3 Å². The van der Waals surface area contributed by atoms with Crippen LogP contribution in [0.1, 0.15) is 19.3 Å². The Kier molecular flexibility index (Phi) is 2.92. The Morgan fingerprint density at radius 3 is 3.24 bits per heavy atom. The van der Waals surface area contributed by atoms with Gasteiger partial charge < -0.3 is 15.0 Å². The summed E-state index contributed by atoms with van der Waals surface area (Å²) in [4.78, 5) is 11.6. The summed E-state index contributed by atoms with van der Waals surface area (Å²) in [6.07, 6.45) is 5.46. The molecule has 1 atom stereocenters. The molecule has 1 fully saturated rings. The molecule has 3 rings (SSSR count). The van der Waals surface area contributed by atoms with E-state index in [1.165, 1.54) is 19.3 Å². The number of imidazole rings is 1. The monoisotopic (exact) mass is 232 g/mol. The van der Waals surface area contributed by atoms with Crippen LogP contribution in [0.15, 0.2) is 18.3 Å². The van der Waals surface area contributed by atoms with Crippen LogP contribution in [0.2, 0.25) is 0 Å². The van der Waals surface area contributed by atoms with Gasteiger partial charge >= 0.3 is 0 Å². The molecular weight excluding hydrogens is 216 g/mol. The van der Waals surface area contributed by atoms with Crippen LogP contribution in [0.25, 0.3) is 11.2 Å². The molecule has 2 N–H and O–H groups in total. The van der Waals surface area contributed by atoms with E-state index in [9.17, 15) is 0 Å². The Morgan fingerprint density at radius 2 is 2.41 bits per heavy atom. The summed E-state index contributed by atoms with van der Waals surface area (Å²) in [5.74, 6) is 0. The lowest BCUT2D eigenvalue weighted by atomic mass is 10.1. The maximum Gasteiger partial charge on any atom is 0.296 e. The quantitative estimate of drug-likeness (QED) is 0.841. The van der Waals surface area contributed by atoms with E-state index in [-0.39, 0.29) is 0 Å². The molecule has 2 aromatic heterocycles. The van der Waals surface area contributed by atoms with Crippen LogP contribution < -0.4 is 10.1 Å². The number of fused-ring (bicyclic) bond motifs is 1. The van der Waals surface area contributed by atoms with Crippen molar-refractivity contribution in [3.8, 4) is 6.01 Å². The molecule has 1 aliphatic heterocycles. The van der Waals surface area contributed by atoms with Gasteiger partial charge in [-0.25, -0.2) is 4.98 Å². The lowest BCUT2D eigenvalue weighted by molar-refractivity contribution is 0.226. The van der Waals surface area contributed by atoms with Crippen LogP contribution in [-0.4, -0.2) is 34.1 Å². The highest BCUT2D eigenvalue weighted by Crippen LogP contribution is 2.14. The summed E-state index contributed by atoms with van der Waals surface area (Å²) in [5, 5.41) is 3.44. The lowest BCUT2D eigenvalue weighted by Gasteiger charge is -2.22. The van der Waals surface area contributed by atoms with Crippen molar-refractivity contribution < 1.29 is 4.74 Å². The fourth-order valence-electron chi connectivity index (χ4n) is 2.14. The van der Waals surface area contributed by atoms with E-state index in [1.807, 2.05) is 12.1 Å². The number of aromatic nitrogens is 3. The Balaban J connectivity index is 1.64. The third-order valence-electron chi connectivity index (χ3n) is 3.07. The van der Waals surface area contributed by atoms with Crippen molar-refractivity contribution in [3.63, 3.8) is 0 Å². The summed E-state index contributed by atoms with van der Waals surface area (Å²) >= 11 is 0. The largest absolute Gasteiger partial charge is 0.463 e. The van der Waals surface area contributed by atoms with E-state index in [1.54, 1.807) is 6.20 Å². The number of nitrogens with one attached hydrogen (secondary N) is 2. The first-order valence-corrected chi connectivity index (χ1v) is 6.09. The molecule has 0 bridgehead atoms. The second kappa shape index (κ2) is 4.71. The number of ether oxygens (including phenoxy) is 1. The zero-order valence-electron chi connectivity index (χ0n) is 9.65. The molecule has 1 saturated heterocycles. The van der Waals surface area contributed by atoms with Gasteiger partial charge in [0.15, 0.2) is 5.65 Å². The van der Waals surface area contributed by atoms with Crippen molar-refractivity contribution in [1.82, 2.24) is 20.3 Å². The number of H-pyrrole nitrogens is 1. The van der Waals surface area contributed by atoms with Gasteiger partial charge in [-0.2, -0.15) is 4.98 Å². The van der Waals surface area contributed by atoms with Crippen molar-refractivity contribution in [3.05, 3.63) is 18.3 Å². The minimum absolute atomic E-state index is 0.449. The van der Waals surface area contributed by atoms with Gasteiger partial charge in [0.05, 0.1) is 5.52 Å². The SMILES string of the molecule is c1cnc2nc(OCC3CCCCN3)[nH]c2c1. The van der Waals surface area contributed by atoms with E-state index < -0.39 is 0 Å². The number of nitrogens with zero attached hydrogens (tertiary/aromatic N) is 2. The Hall–Kier alpha value is -1.62. The maximum absolute atomic E-state index is 5.66. The van der Waals surface area contributed by atoms with Gasteiger partial charge in [0.25, 0.3) is 6.01 Å². The first kappa shape index (κ1) is 10.5. The molecule has 0 spiro atoms. The number of piperidine rings is 1.